The summed E-state index contributed by atoms with van der Waals surface area (Å²) < 4.78 is 5.50. The van der Waals surface area contributed by atoms with Crippen molar-refractivity contribution in [2.45, 2.75) is 45.1 Å². The molecule has 1 fully saturated rings. The van der Waals surface area contributed by atoms with Crippen LogP contribution in [0.25, 0.3) is 0 Å². The third-order valence-corrected chi connectivity index (χ3v) is 4.75. The van der Waals surface area contributed by atoms with E-state index in [9.17, 15) is 9.59 Å². The highest BCUT2D eigenvalue weighted by Crippen LogP contribution is 2.41. The van der Waals surface area contributed by atoms with E-state index in [1.165, 1.54) is 0 Å². The van der Waals surface area contributed by atoms with Crippen LogP contribution in [0, 0.1) is 6.92 Å². The summed E-state index contributed by atoms with van der Waals surface area (Å²) >= 11 is 0. The molecule has 5 nitrogen and oxygen atoms in total. The van der Waals surface area contributed by atoms with Crippen LogP contribution in [0.15, 0.2) is 18.2 Å². The number of nitrogens with zero attached hydrogens (tertiary/aromatic N) is 1. The van der Waals surface area contributed by atoms with Crippen molar-refractivity contribution < 1.29 is 14.3 Å². The summed E-state index contributed by atoms with van der Waals surface area (Å²) in [5.74, 6) is -0.163. The molecule has 0 aromatic heterocycles. The maximum Gasteiger partial charge on any atom is 0.240 e. The van der Waals surface area contributed by atoms with Gasteiger partial charge >= 0.3 is 0 Å². The summed E-state index contributed by atoms with van der Waals surface area (Å²) in [6, 6.07) is 5.95. The number of carbonyl (C=O) groups is 2. The second-order valence-corrected chi connectivity index (χ2v) is 6.98. The lowest BCUT2D eigenvalue weighted by molar-refractivity contribution is -0.125. The number of nitrogens with one attached hydrogen (secondary N) is 1. The van der Waals surface area contributed by atoms with Crippen molar-refractivity contribution in [3.05, 3.63) is 29.3 Å². The number of amides is 2. The van der Waals surface area contributed by atoms with Gasteiger partial charge in [0.05, 0.1) is 11.5 Å². The molecule has 1 N–H and O–H groups in total. The molecule has 0 saturated carbocycles. The SMILES string of the molecule is Cc1ccc2c(c1)C(C)(C)C(=O)N2CC(=O)NC[C@@H]1CCCO1. The number of benzene rings is 1. The van der Waals surface area contributed by atoms with Crippen LogP contribution in [-0.2, 0) is 19.7 Å². The summed E-state index contributed by atoms with van der Waals surface area (Å²) in [5, 5.41) is 2.88. The van der Waals surface area contributed by atoms with Crippen LogP contribution in [-0.4, -0.2) is 37.6 Å². The average molecular weight is 316 g/mol. The molecule has 2 aliphatic heterocycles. The van der Waals surface area contributed by atoms with Crippen molar-refractivity contribution in [3.63, 3.8) is 0 Å². The van der Waals surface area contributed by atoms with E-state index in [1.54, 1.807) is 4.90 Å². The Labute approximate surface area is 137 Å². The second-order valence-electron chi connectivity index (χ2n) is 6.98. The molecule has 23 heavy (non-hydrogen) atoms. The molecule has 124 valence electrons. The molecule has 0 unspecified atom stereocenters. The fraction of sp³-hybridized carbons (Fsp3) is 0.556. The first kappa shape index (κ1) is 16.0. The van der Waals surface area contributed by atoms with E-state index < -0.39 is 5.41 Å². The molecule has 2 heterocycles. The number of fused-ring (bicyclic) bond motifs is 1. The Kier molecular flexibility index (Phi) is 4.15. The Hall–Kier alpha value is -1.88. The summed E-state index contributed by atoms with van der Waals surface area (Å²) in [6.07, 6.45) is 2.14. The molecule has 0 radical (unpaired) electrons. The van der Waals surface area contributed by atoms with E-state index in [0.29, 0.717) is 6.54 Å². The molecule has 2 amide bonds. The monoisotopic (exact) mass is 316 g/mol. The normalized spacial score (nSPS) is 22.3. The van der Waals surface area contributed by atoms with Gasteiger partial charge in [-0.25, -0.2) is 0 Å². The van der Waals surface area contributed by atoms with Gasteiger partial charge in [-0.15, -0.1) is 0 Å². The van der Waals surface area contributed by atoms with E-state index >= 15 is 0 Å². The number of hydrogen-bond acceptors (Lipinski definition) is 3. The Balaban J connectivity index is 1.70. The van der Waals surface area contributed by atoms with Gasteiger partial charge in [0.15, 0.2) is 0 Å². The Morgan fingerprint density at radius 1 is 1.43 bits per heavy atom. The second kappa shape index (κ2) is 5.96. The van der Waals surface area contributed by atoms with E-state index in [4.69, 9.17) is 4.74 Å². The largest absolute Gasteiger partial charge is 0.376 e. The molecule has 0 bridgehead atoms. The number of carbonyl (C=O) groups excluding carboxylic acids is 2. The van der Waals surface area contributed by atoms with Crippen LogP contribution in [0.4, 0.5) is 5.69 Å². The van der Waals surface area contributed by atoms with Gasteiger partial charge in [-0.3, -0.25) is 9.59 Å². The lowest BCUT2D eigenvalue weighted by Gasteiger charge is -2.20. The van der Waals surface area contributed by atoms with Crippen LogP contribution in [0.2, 0.25) is 0 Å². The van der Waals surface area contributed by atoms with Gasteiger partial charge in [0, 0.05) is 18.8 Å². The lowest BCUT2D eigenvalue weighted by atomic mass is 9.85. The first-order chi connectivity index (χ1) is 10.9. The van der Waals surface area contributed by atoms with Crippen molar-refractivity contribution in [2.75, 3.05) is 24.6 Å². The number of anilines is 1. The zero-order valence-electron chi connectivity index (χ0n) is 14.0. The van der Waals surface area contributed by atoms with Gasteiger partial charge < -0.3 is 15.0 Å². The number of rotatable bonds is 4. The predicted molar refractivity (Wildman–Crippen MR) is 88.5 cm³/mol. The Morgan fingerprint density at radius 2 is 2.22 bits per heavy atom. The van der Waals surface area contributed by atoms with Crippen LogP contribution in [0.5, 0.6) is 0 Å². The quantitative estimate of drug-likeness (QED) is 0.923. The molecule has 1 aromatic rings. The van der Waals surface area contributed by atoms with Gasteiger partial charge in [0.25, 0.3) is 0 Å². The van der Waals surface area contributed by atoms with E-state index in [-0.39, 0.29) is 24.5 Å². The zero-order chi connectivity index (χ0) is 16.6. The standard InChI is InChI=1S/C18H24N2O3/c1-12-6-7-15-14(9-12)18(2,3)17(22)20(15)11-16(21)19-10-13-5-4-8-23-13/h6-7,9,13H,4-5,8,10-11H2,1-3H3,(H,19,21)/t13-/m0/s1. The van der Waals surface area contributed by atoms with Gasteiger partial charge in [-0.05, 0) is 45.2 Å². The van der Waals surface area contributed by atoms with E-state index in [1.807, 2.05) is 39.0 Å². The highest BCUT2D eigenvalue weighted by molar-refractivity contribution is 6.10. The third kappa shape index (κ3) is 2.98. The Morgan fingerprint density at radius 3 is 2.91 bits per heavy atom. The van der Waals surface area contributed by atoms with Crippen LogP contribution >= 0.6 is 0 Å². The minimum Gasteiger partial charge on any atom is -0.376 e. The minimum atomic E-state index is -0.587. The average Bonchev–Trinajstić information content (AvgIpc) is 3.08. The molecule has 5 heteroatoms. The molecule has 1 aromatic carbocycles. The van der Waals surface area contributed by atoms with Gasteiger partial charge in [-0.1, -0.05) is 17.7 Å². The van der Waals surface area contributed by atoms with E-state index in [0.717, 1.165) is 36.3 Å². The minimum absolute atomic E-state index is 0.0228. The molecular formula is C18H24N2O3. The zero-order valence-corrected chi connectivity index (χ0v) is 14.0. The van der Waals surface area contributed by atoms with Crippen LogP contribution in [0.1, 0.15) is 37.8 Å². The number of hydrogen-bond donors (Lipinski definition) is 1. The topological polar surface area (TPSA) is 58.6 Å². The maximum atomic E-state index is 12.7. The van der Waals surface area contributed by atoms with Crippen molar-refractivity contribution >= 4 is 17.5 Å². The van der Waals surface area contributed by atoms with Crippen LogP contribution < -0.4 is 10.2 Å². The molecule has 0 spiro atoms. The third-order valence-electron chi connectivity index (χ3n) is 4.75. The molecule has 2 aliphatic rings. The van der Waals surface area contributed by atoms with Gasteiger partial charge in [0.1, 0.15) is 6.54 Å². The molecule has 3 rings (SSSR count). The van der Waals surface area contributed by atoms with Gasteiger partial charge in [0.2, 0.25) is 11.8 Å². The summed E-state index contributed by atoms with van der Waals surface area (Å²) in [4.78, 5) is 26.5. The van der Waals surface area contributed by atoms with Gasteiger partial charge in [-0.2, -0.15) is 0 Å². The van der Waals surface area contributed by atoms with Crippen molar-refractivity contribution in [1.29, 1.82) is 0 Å². The predicted octanol–water partition coefficient (Wildman–Crippen LogP) is 1.91. The fourth-order valence-electron chi connectivity index (χ4n) is 3.34. The molecule has 0 aliphatic carbocycles. The summed E-state index contributed by atoms with van der Waals surface area (Å²) in [5.41, 5.74) is 2.37. The maximum absolute atomic E-state index is 12.7. The van der Waals surface area contributed by atoms with Crippen molar-refractivity contribution in [1.82, 2.24) is 5.32 Å². The smallest absolute Gasteiger partial charge is 0.240 e. The molecular weight excluding hydrogens is 292 g/mol. The lowest BCUT2D eigenvalue weighted by Crippen LogP contribution is -2.44. The fourth-order valence-corrected chi connectivity index (χ4v) is 3.34. The number of ether oxygens (including phenoxy) is 1. The molecule has 1 saturated heterocycles. The summed E-state index contributed by atoms with van der Waals surface area (Å²) in [6.45, 7) is 7.19. The highest BCUT2D eigenvalue weighted by atomic mass is 16.5. The highest BCUT2D eigenvalue weighted by Gasteiger charge is 2.44. The summed E-state index contributed by atoms with van der Waals surface area (Å²) in [7, 11) is 0. The molecule has 1 atom stereocenters. The first-order valence-electron chi connectivity index (χ1n) is 8.21. The Bertz CT molecular complexity index is 633. The number of aryl methyl sites for hydroxylation is 1. The first-order valence-corrected chi connectivity index (χ1v) is 8.21. The van der Waals surface area contributed by atoms with Crippen LogP contribution in [0.3, 0.4) is 0 Å². The van der Waals surface area contributed by atoms with E-state index in [2.05, 4.69) is 5.32 Å². The van der Waals surface area contributed by atoms with Crippen molar-refractivity contribution in [2.24, 2.45) is 0 Å². The van der Waals surface area contributed by atoms with Crippen molar-refractivity contribution in [3.8, 4) is 0 Å².